The Kier molecular flexibility index (Phi) is 7.03. The van der Waals surface area contributed by atoms with Gasteiger partial charge in [0.15, 0.2) is 0 Å². The minimum atomic E-state index is -0.412. The average molecular weight is 496 g/mol. The molecule has 4 aromatic rings. The number of fused-ring (bicyclic) bond motifs is 1. The van der Waals surface area contributed by atoms with Gasteiger partial charge in [0.05, 0.1) is 5.56 Å². The SMILES string of the molecule is CCCC(=O)N1CCN(c2ccc(NC(=O)c3ccc(-c4cc5ccccc5oc4=O)cc3)cc2)CC1. The molecular formula is C30H29N3O4. The molecule has 37 heavy (non-hydrogen) atoms. The van der Waals surface area contributed by atoms with Crippen LogP contribution in [0.15, 0.2) is 88.1 Å². The van der Waals surface area contributed by atoms with Gasteiger partial charge in [-0.3, -0.25) is 9.59 Å². The Morgan fingerprint density at radius 3 is 2.30 bits per heavy atom. The molecule has 188 valence electrons. The number of carbonyl (C=O) groups is 2. The highest BCUT2D eigenvalue weighted by Crippen LogP contribution is 2.23. The van der Waals surface area contributed by atoms with Crippen molar-refractivity contribution in [2.75, 3.05) is 36.4 Å². The Morgan fingerprint density at radius 1 is 0.892 bits per heavy atom. The molecule has 1 aliphatic heterocycles. The highest BCUT2D eigenvalue weighted by Gasteiger charge is 2.20. The summed E-state index contributed by atoms with van der Waals surface area (Å²) in [6, 6.07) is 23.8. The molecule has 0 radical (unpaired) electrons. The van der Waals surface area contributed by atoms with Crippen LogP contribution in [0.3, 0.4) is 0 Å². The molecule has 1 N–H and O–H groups in total. The van der Waals surface area contributed by atoms with Crippen molar-refractivity contribution in [3.63, 3.8) is 0 Å². The maximum Gasteiger partial charge on any atom is 0.344 e. The van der Waals surface area contributed by atoms with Crippen molar-refractivity contribution < 1.29 is 14.0 Å². The van der Waals surface area contributed by atoms with Crippen molar-refractivity contribution in [2.24, 2.45) is 0 Å². The average Bonchev–Trinajstić information content (AvgIpc) is 2.93. The fourth-order valence-corrected chi connectivity index (χ4v) is 4.61. The summed E-state index contributed by atoms with van der Waals surface area (Å²) in [5.41, 5.74) is 3.54. The zero-order valence-electron chi connectivity index (χ0n) is 20.8. The summed E-state index contributed by atoms with van der Waals surface area (Å²) in [7, 11) is 0. The first-order valence-electron chi connectivity index (χ1n) is 12.6. The van der Waals surface area contributed by atoms with Crippen LogP contribution < -0.4 is 15.8 Å². The van der Waals surface area contributed by atoms with Gasteiger partial charge in [-0.2, -0.15) is 0 Å². The summed E-state index contributed by atoms with van der Waals surface area (Å²) in [6.07, 6.45) is 1.48. The number of nitrogens with one attached hydrogen (secondary N) is 1. The molecule has 1 saturated heterocycles. The van der Waals surface area contributed by atoms with E-state index in [2.05, 4.69) is 10.2 Å². The van der Waals surface area contributed by atoms with E-state index in [1.165, 1.54) is 0 Å². The summed E-state index contributed by atoms with van der Waals surface area (Å²) in [4.78, 5) is 41.5. The fourth-order valence-electron chi connectivity index (χ4n) is 4.61. The van der Waals surface area contributed by atoms with Crippen LogP contribution in [0.4, 0.5) is 11.4 Å². The van der Waals surface area contributed by atoms with Gasteiger partial charge in [-0.1, -0.05) is 37.3 Å². The van der Waals surface area contributed by atoms with E-state index >= 15 is 0 Å². The number of hydrogen-bond donors (Lipinski definition) is 1. The third kappa shape index (κ3) is 5.40. The van der Waals surface area contributed by atoms with Crippen molar-refractivity contribution in [1.29, 1.82) is 0 Å². The molecule has 7 nitrogen and oxygen atoms in total. The molecule has 7 heteroatoms. The van der Waals surface area contributed by atoms with Crippen LogP contribution in [-0.4, -0.2) is 42.9 Å². The molecule has 0 atom stereocenters. The predicted octanol–water partition coefficient (Wildman–Crippen LogP) is 5.16. The molecule has 0 saturated carbocycles. The van der Waals surface area contributed by atoms with E-state index in [1.807, 2.05) is 54.3 Å². The van der Waals surface area contributed by atoms with Crippen LogP contribution in [0.5, 0.6) is 0 Å². The maximum absolute atomic E-state index is 12.8. The van der Waals surface area contributed by atoms with E-state index in [0.717, 1.165) is 43.7 Å². The number of anilines is 2. The number of benzene rings is 3. The zero-order valence-corrected chi connectivity index (χ0v) is 20.8. The van der Waals surface area contributed by atoms with E-state index in [0.29, 0.717) is 34.4 Å². The van der Waals surface area contributed by atoms with Crippen LogP contribution >= 0.6 is 0 Å². The summed E-state index contributed by atoms with van der Waals surface area (Å²) in [5.74, 6) is 0.00173. The number of amides is 2. The van der Waals surface area contributed by atoms with Crippen molar-refractivity contribution in [2.45, 2.75) is 19.8 Å². The number of hydrogen-bond acceptors (Lipinski definition) is 5. The van der Waals surface area contributed by atoms with Crippen molar-refractivity contribution in [3.8, 4) is 11.1 Å². The lowest BCUT2D eigenvalue weighted by atomic mass is 10.0. The van der Waals surface area contributed by atoms with E-state index in [9.17, 15) is 14.4 Å². The second kappa shape index (κ2) is 10.7. The van der Waals surface area contributed by atoms with Crippen molar-refractivity contribution >= 4 is 34.2 Å². The smallest absolute Gasteiger partial charge is 0.344 e. The highest BCUT2D eigenvalue weighted by atomic mass is 16.4. The van der Waals surface area contributed by atoms with Crippen LogP contribution in [0.1, 0.15) is 30.1 Å². The molecular weight excluding hydrogens is 466 g/mol. The number of nitrogens with zero attached hydrogens (tertiary/aromatic N) is 2. The summed E-state index contributed by atoms with van der Waals surface area (Å²) >= 11 is 0. The molecule has 3 aromatic carbocycles. The van der Waals surface area contributed by atoms with Crippen molar-refractivity contribution in [3.05, 3.63) is 94.8 Å². The lowest BCUT2D eigenvalue weighted by Crippen LogP contribution is -2.48. The standard InChI is InChI=1S/C30H29N3O4/c1-2-5-28(34)33-18-16-32(17-19-33)25-14-12-24(13-15-25)31-29(35)22-10-8-21(9-11-22)26-20-23-6-3-4-7-27(23)37-30(26)36/h3-4,6-15,20H,2,5,16-19H2,1H3,(H,31,35). The second-order valence-corrected chi connectivity index (χ2v) is 9.18. The number of para-hydroxylation sites is 1. The van der Waals surface area contributed by atoms with Crippen LogP contribution in [0, 0.1) is 0 Å². The Morgan fingerprint density at radius 2 is 1.59 bits per heavy atom. The van der Waals surface area contributed by atoms with Crippen LogP contribution in [0.25, 0.3) is 22.1 Å². The largest absolute Gasteiger partial charge is 0.422 e. The second-order valence-electron chi connectivity index (χ2n) is 9.18. The summed E-state index contributed by atoms with van der Waals surface area (Å²) in [5, 5.41) is 3.77. The Labute approximate surface area is 215 Å². The van der Waals surface area contributed by atoms with Gasteiger partial charge in [-0.25, -0.2) is 4.79 Å². The zero-order chi connectivity index (χ0) is 25.8. The highest BCUT2D eigenvalue weighted by molar-refractivity contribution is 6.04. The normalized spacial score (nSPS) is 13.5. The lowest BCUT2D eigenvalue weighted by Gasteiger charge is -2.36. The van der Waals surface area contributed by atoms with E-state index < -0.39 is 5.63 Å². The first-order valence-corrected chi connectivity index (χ1v) is 12.6. The minimum absolute atomic E-state index is 0.229. The first-order chi connectivity index (χ1) is 18.0. The first kappa shape index (κ1) is 24.3. The third-order valence-corrected chi connectivity index (χ3v) is 6.69. The summed E-state index contributed by atoms with van der Waals surface area (Å²) in [6.45, 7) is 5.07. The number of carbonyl (C=O) groups excluding carboxylic acids is 2. The van der Waals surface area contributed by atoms with Crippen LogP contribution in [0.2, 0.25) is 0 Å². The molecule has 0 unspecified atom stereocenters. The van der Waals surface area contributed by atoms with Crippen LogP contribution in [-0.2, 0) is 4.79 Å². The van der Waals surface area contributed by atoms with Gasteiger partial charge in [-0.05, 0) is 60.5 Å². The predicted molar refractivity (Wildman–Crippen MR) is 146 cm³/mol. The van der Waals surface area contributed by atoms with Gasteiger partial charge < -0.3 is 19.5 Å². The van der Waals surface area contributed by atoms with Gasteiger partial charge in [0.1, 0.15) is 5.58 Å². The lowest BCUT2D eigenvalue weighted by molar-refractivity contribution is -0.131. The van der Waals surface area contributed by atoms with Gasteiger partial charge in [0, 0.05) is 54.9 Å². The Balaban J connectivity index is 1.21. The third-order valence-electron chi connectivity index (χ3n) is 6.69. The fraction of sp³-hybridized carbons (Fsp3) is 0.233. The van der Waals surface area contributed by atoms with Gasteiger partial charge in [-0.15, -0.1) is 0 Å². The maximum atomic E-state index is 12.8. The van der Waals surface area contributed by atoms with Crippen molar-refractivity contribution in [1.82, 2.24) is 4.90 Å². The van der Waals surface area contributed by atoms with Gasteiger partial charge in [0.25, 0.3) is 5.91 Å². The molecule has 0 bridgehead atoms. The number of rotatable bonds is 6. The monoisotopic (exact) mass is 495 g/mol. The Hall–Kier alpha value is -4.39. The molecule has 2 amide bonds. The molecule has 5 rings (SSSR count). The van der Waals surface area contributed by atoms with Gasteiger partial charge in [0.2, 0.25) is 5.91 Å². The molecule has 2 heterocycles. The minimum Gasteiger partial charge on any atom is -0.422 e. The van der Waals surface area contributed by atoms with Gasteiger partial charge >= 0.3 is 5.63 Å². The van der Waals surface area contributed by atoms with E-state index in [4.69, 9.17) is 4.42 Å². The molecule has 0 spiro atoms. The Bertz CT molecular complexity index is 1470. The molecule has 1 fully saturated rings. The topological polar surface area (TPSA) is 82.9 Å². The van der Waals surface area contributed by atoms with E-state index in [-0.39, 0.29) is 11.8 Å². The molecule has 1 aliphatic rings. The molecule has 1 aromatic heterocycles. The molecule has 0 aliphatic carbocycles. The van der Waals surface area contributed by atoms with E-state index in [1.54, 1.807) is 36.4 Å². The quantitative estimate of drug-likeness (QED) is 0.374. The summed E-state index contributed by atoms with van der Waals surface area (Å²) < 4.78 is 5.43. The number of piperazine rings is 1.